The minimum atomic E-state index is -0.0654. The Morgan fingerprint density at radius 1 is 1.47 bits per heavy atom. The molecule has 3 nitrogen and oxygen atoms in total. The Bertz CT molecular complexity index is 497. The lowest BCUT2D eigenvalue weighted by molar-refractivity contribution is 0.0953. The minimum Gasteiger partial charge on any atom is -0.497 e. The predicted molar refractivity (Wildman–Crippen MR) is 79.6 cm³/mol. The van der Waals surface area contributed by atoms with Gasteiger partial charge in [-0.05, 0) is 59.8 Å². The summed E-state index contributed by atoms with van der Waals surface area (Å²) in [7, 11) is 1.59. The molecule has 0 aromatic heterocycles. The van der Waals surface area contributed by atoms with Crippen molar-refractivity contribution in [2.75, 3.05) is 13.7 Å². The normalized spacial score (nSPS) is 14.1. The summed E-state index contributed by atoms with van der Waals surface area (Å²) >= 11 is 3.39. The van der Waals surface area contributed by atoms with Crippen molar-refractivity contribution in [3.63, 3.8) is 0 Å². The van der Waals surface area contributed by atoms with E-state index in [9.17, 15) is 4.79 Å². The Morgan fingerprint density at radius 2 is 2.32 bits per heavy atom. The largest absolute Gasteiger partial charge is 0.497 e. The highest BCUT2D eigenvalue weighted by molar-refractivity contribution is 9.10. The second-order valence-corrected chi connectivity index (χ2v) is 5.46. The molecule has 1 aliphatic rings. The lowest BCUT2D eigenvalue weighted by Crippen LogP contribution is -2.25. The van der Waals surface area contributed by atoms with Crippen LogP contribution in [-0.4, -0.2) is 19.6 Å². The SMILES string of the molecule is COc1ccc(Br)c(C(=O)NCCC2=CCCC2)c1. The van der Waals surface area contributed by atoms with Crippen molar-refractivity contribution in [2.24, 2.45) is 0 Å². The maximum absolute atomic E-state index is 12.1. The van der Waals surface area contributed by atoms with Gasteiger partial charge in [0.25, 0.3) is 5.91 Å². The summed E-state index contributed by atoms with van der Waals surface area (Å²) in [5.74, 6) is 0.622. The number of carbonyl (C=O) groups is 1. The number of halogens is 1. The smallest absolute Gasteiger partial charge is 0.252 e. The van der Waals surface area contributed by atoms with E-state index >= 15 is 0 Å². The minimum absolute atomic E-state index is 0.0654. The van der Waals surface area contributed by atoms with E-state index in [4.69, 9.17) is 4.74 Å². The number of carbonyl (C=O) groups excluding carboxylic acids is 1. The van der Waals surface area contributed by atoms with Gasteiger partial charge in [-0.3, -0.25) is 4.79 Å². The molecule has 0 spiro atoms. The predicted octanol–water partition coefficient (Wildman–Crippen LogP) is 3.69. The van der Waals surface area contributed by atoms with Crippen LogP contribution in [0.1, 0.15) is 36.0 Å². The Balaban J connectivity index is 1.91. The van der Waals surface area contributed by atoms with Crippen LogP contribution in [0.4, 0.5) is 0 Å². The molecule has 0 saturated carbocycles. The van der Waals surface area contributed by atoms with Gasteiger partial charge in [-0.15, -0.1) is 0 Å². The van der Waals surface area contributed by atoms with Crippen LogP contribution in [-0.2, 0) is 0 Å². The lowest BCUT2D eigenvalue weighted by atomic mass is 10.1. The van der Waals surface area contributed by atoms with E-state index < -0.39 is 0 Å². The Morgan fingerprint density at radius 3 is 3.00 bits per heavy atom. The summed E-state index contributed by atoms with van der Waals surface area (Å²) < 4.78 is 5.92. The molecule has 19 heavy (non-hydrogen) atoms. The van der Waals surface area contributed by atoms with E-state index in [0.717, 1.165) is 10.9 Å². The number of amides is 1. The highest BCUT2D eigenvalue weighted by Crippen LogP contribution is 2.23. The number of hydrogen-bond donors (Lipinski definition) is 1. The van der Waals surface area contributed by atoms with Crippen LogP contribution in [0, 0.1) is 0 Å². The van der Waals surface area contributed by atoms with Crippen LogP contribution in [0.25, 0.3) is 0 Å². The van der Waals surface area contributed by atoms with Crippen molar-refractivity contribution in [2.45, 2.75) is 25.7 Å². The highest BCUT2D eigenvalue weighted by Gasteiger charge is 2.11. The van der Waals surface area contributed by atoms with Gasteiger partial charge >= 0.3 is 0 Å². The zero-order valence-electron chi connectivity index (χ0n) is 11.0. The fourth-order valence-corrected chi connectivity index (χ4v) is 2.63. The second-order valence-electron chi connectivity index (χ2n) is 4.61. The van der Waals surface area contributed by atoms with Gasteiger partial charge in [0, 0.05) is 11.0 Å². The molecule has 102 valence electrons. The van der Waals surface area contributed by atoms with Crippen molar-refractivity contribution in [1.29, 1.82) is 0 Å². The first-order valence-electron chi connectivity index (χ1n) is 6.50. The standard InChI is InChI=1S/C15H18BrNO2/c1-19-12-6-7-14(16)13(10-12)15(18)17-9-8-11-4-2-3-5-11/h4,6-7,10H,2-3,5,8-9H2,1H3,(H,17,18). The van der Waals surface area contributed by atoms with Crippen molar-refractivity contribution in [1.82, 2.24) is 5.32 Å². The molecule has 1 N–H and O–H groups in total. The zero-order valence-corrected chi connectivity index (χ0v) is 12.6. The molecule has 0 unspecified atom stereocenters. The molecule has 2 rings (SSSR count). The number of nitrogens with one attached hydrogen (secondary N) is 1. The summed E-state index contributed by atoms with van der Waals surface area (Å²) in [4.78, 5) is 12.1. The van der Waals surface area contributed by atoms with Gasteiger partial charge in [0.1, 0.15) is 5.75 Å². The van der Waals surface area contributed by atoms with E-state index in [-0.39, 0.29) is 5.91 Å². The molecule has 1 amide bonds. The Kier molecular flexibility index (Phi) is 5.02. The number of benzene rings is 1. The first-order valence-corrected chi connectivity index (χ1v) is 7.29. The quantitative estimate of drug-likeness (QED) is 0.839. The number of allylic oxidation sites excluding steroid dienone is 1. The molecule has 0 atom stereocenters. The van der Waals surface area contributed by atoms with E-state index in [0.29, 0.717) is 17.9 Å². The number of methoxy groups -OCH3 is 1. The molecule has 1 aromatic rings. The van der Waals surface area contributed by atoms with Crippen LogP contribution in [0.3, 0.4) is 0 Å². The lowest BCUT2D eigenvalue weighted by Gasteiger charge is -2.09. The number of ether oxygens (including phenoxy) is 1. The highest BCUT2D eigenvalue weighted by atomic mass is 79.9. The fraction of sp³-hybridized carbons (Fsp3) is 0.400. The third kappa shape index (κ3) is 3.83. The van der Waals surface area contributed by atoms with Gasteiger partial charge in [0.2, 0.25) is 0 Å². The van der Waals surface area contributed by atoms with Crippen LogP contribution in [0.5, 0.6) is 5.75 Å². The second kappa shape index (κ2) is 6.75. The van der Waals surface area contributed by atoms with Crippen molar-refractivity contribution in [3.05, 3.63) is 39.9 Å². The maximum Gasteiger partial charge on any atom is 0.252 e. The summed E-state index contributed by atoms with van der Waals surface area (Å²) in [5.41, 5.74) is 2.07. The molecule has 0 fully saturated rings. The number of rotatable bonds is 5. The Labute approximate surface area is 122 Å². The molecule has 0 bridgehead atoms. The molecular formula is C15H18BrNO2. The van der Waals surface area contributed by atoms with E-state index in [1.54, 1.807) is 13.2 Å². The van der Waals surface area contributed by atoms with Gasteiger partial charge in [-0.25, -0.2) is 0 Å². The maximum atomic E-state index is 12.1. The topological polar surface area (TPSA) is 38.3 Å². The summed E-state index contributed by atoms with van der Waals surface area (Å²) in [5, 5.41) is 2.95. The van der Waals surface area contributed by atoms with Crippen LogP contribution >= 0.6 is 15.9 Å². The van der Waals surface area contributed by atoms with E-state index in [2.05, 4.69) is 27.3 Å². The monoisotopic (exact) mass is 323 g/mol. The average Bonchev–Trinajstić information content (AvgIpc) is 2.92. The first kappa shape index (κ1) is 14.1. The van der Waals surface area contributed by atoms with Crippen LogP contribution in [0.15, 0.2) is 34.3 Å². The van der Waals surface area contributed by atoms with Crippen LogP contribution < -0.4 is 10.1 Å². The molecule has 0 saturated heterocycles. The zero-order chi connectivity index (χ0) is 13.7. The third-order valence-corrected chi connectivity index (χ3v) is 3.98. The third-order valence-electron chi connectivity index (χ3n) is 3.28. The van der Waals surface area contributed by atoms with Gasteiger partial charge in [-0.2, -0.15) is 0 Å². The first-order chi connectivity index (χ1) is 9.20. The fourth-order valence-electron chi connectivity index (χ4n) is 2.20. The van der Waals surface area contributed by atoms with Crippen molar-refractivity contribution in [3.8, 4) is 5.75 Å². The van der Waals surface area contributed by atoms with Crippen LogP contribution in [0.2, 0.25) is 0 Å². The number of hydrogen-bond acceptors (Lipinski definition) is 2. The van der Waals surface area contributed by atoms with Crippen molar-refractivity contribution < 1.29 is 9.53 Å². The molecule has 0 radical (unpaired) electrons. The van der Waals surface area contributed by atoms with Gasteiger partial charge < -0.3 is 10.1 Å². The van der Waals surface area contributed by atoms with E-state index in [1.165, 1.54) is 24.8 Å². The Hall–Kier alpha value is -1.29. The molecule has 4 heteroatoms. The average molecular weight is 324 g/mol. The summed E-state index contributed by atoms with van der Waals surface area (Å²) in [6.45, 7) is 0.689. The molecular weight excluding hydrogens is 306 g/mol. The summed E-state index contributed by atoms with van der Waals surface area (Å²) in [6, 6.07) is 5.39. The van der Waals surface area contributed by atoms with Crippen molar-refractivity contribution >= 4 is 21.8 Å². The molecule has 1 aromatic carbocycles. The molecule has 1 aliphatic carbocycles. The molecule has 0 aliphatic heterocycles. The van der Waals surface area contributed by atoms with Gasteiger partial charge in [0.15, 0.2) is 0 Å². The van der Waals surface area contributed by atoms with Gasteiger partial charge in [-0.1, -0.05) is 11.6 Å². The van der Waals surface area contributed by atoms with E-state index in [1.807, 2.05) is 12.1 Å². The molecule has 0 heterocycles. The van der Waals surface area contributed by atoms with Gasteiger partial charge in [0.05, 0.1) is 12.7 Å². The summed E-state index contributed by atoms with van der Waals surface area (Å²) in [6.07, 6.45) is 6.86.